The number of nitrogens with one attached hydrogen (secondary N) is 1. The average Bonchev–Trinajstić information content (AvgIpc) is 2.55. The standard InChI is InChI=1S/C19H29NO5/c1-19(2,3)25-18(22)20-11-15-9-10-16(21)17(24-15)13-23-12-14-7-5-4-6-8-14/h4-8,15-17,21H,9-13H2,1-3H3,(H,20,22)/t15-,16+,17-/m1/s1. The molecule has 25 heavy (non-hydrogen) atoms. The summed E-state index contributed by atoms with van der Waals surface area (Å²) < 4.78 is 16.8. The van der Waals surface area contributed by atoms with Gasteiger partial charge in [-0.05, 0) is 39.2 Å². The molecule has 3 atom stereocenters. The van der Waals surface area contributed by atoms with E-state index < -0.39 is 17.8 Å². The molecule has 2 N–H and O–H groups in total. The van der Waals surface area contributed by atoms with Crippen molar-refractivity contribution in [1.82, 2.24) is 5.32 Å². The van der Waals surface area contributed by atoms with Gasteiger partial charge in [0.25, 0.3) is 0 Å². The second-order valence-corrected chi connectivity index (χ2v) is 7.32. The molecule has 0 aromatic heterocycles. The predicted octanol–water partition coefficient (Wildman–Crippen LogP) is 2.64. The maximum absolute atomic E-state index is 11.7. The molecule has 1 fully saturated rings. The fourth-order valence-electron chi connectivity index (χ4n) is 2.63. The average molecular weight is 351 g/mol. The van der Waals surface area contributed by atoms with Gasteiger partial charge in [0.15, 0.2) is 0 Å². The lowest BCUT2D eigenvalue weighted by molar-refractivity contribution is -0.142. The minimum Gasteiger partial charge on any atom is -0.444 e. The van der Waals surface area contributed by atoms with Crippen molar-refractivity contribution >= 4 is 6.09 Å². The van der Waals surface area contributed by atoms with Crippen LogP contribution in [0.3, 0.4) is 0 Å². The van der Waals surface area contributed by atoms with Gasteiger partial charge in [-0.2, -0.15) is 0 Å². The lowest BCUT2D eigenvalue weighted by Gasteiger charge is -2.34. The molecule has 0 aliphatic carbocycles. The van der Waals surface area contributed by atoms with Crippen LogP contribution in [0.5, 0.6) is 0 Å². The molecule has 6 heteroatoms. The smallest absolute Gasteiger partial charge is 0.407 e. The summed E-state index contributed by atoms with van der Waals surface area (Å²) in [5, 5.41) is 12.8. The second kappa shape index (κ2) is 9.17. The van der Waals surface area contributed by atoms with Crippen LogP contribution in [0.25, 0.3) is 0 Å². The van der Waals surface area contributed by atoms with Gasteiger partial charge < -0.3 is 24.6 Å². The Balaban J connectivity index is 1.72. The molecule has 0 unspecified atom stereocenters. The number of aliphatic hydroxyl groups is 1. The van der Waals surface area contributed by atoms with Gasteiger partial charge in [0, 0.05) is 6.54 Å². The van der Waals surface area contributed by atoms with Crippen molar-refractivity contribution in [3.8, 4) is 0 Å². The van der Waals surface area contributed by atoms with Gasteiger partial charge in [-0.3, -0.25) is 0 Å². The Bertz CT molecular complexity index is 528. The van der Waals surface area contributed by atoms with Crippen molar-refractivity contribution in [1.29, 1.82) is 0 Å². The third kappa shape index (κ3) is 7.42. The molecular weight excluding hydrogens is 322 g/mol. The van der Waals surface area contributed by atoms with Crippen LogP contribution >= 0.6 is 0 Å². The third-order valence-corrected chi connectivity index (χ3v) is 3.85. The zero-order valence-corrected chi connectivity index (χ0v) is 15.2. The molecule has 0 spiro atoms. The summed E-state index contributed by atoms with van der Waals surface area (Å²) in [5.74, 6) is 0. The van der Waals surface area contributed by atoms with Crippen molar-refractivity contribution in [2.24, 2.45) is 0 Å². The maximum Gasteiger partial charge on any atom is 0.407 e. The van der Waals surface area contributed by atoms with Gasteiger partial charge in [0.05, 0.1) is 25.4 Å². The van der Waals surface area contributed by atoms with Gasteiger partial charge in [-0.15, -0.1) is 0 Å². The summed E-state index contributed by atoms with van der Waals surface area (Å²) in [6, 6.07) is 9.86. The van der Waals surface area contributed by atoms with Crippen molar-refractivity contribution in [2.75, 3.05) is 13.2 Å². The number of ether oxygens (including phenoxy) is 3. The molecular formula is C19H29NO5. The Morgan fingerprint density at radius 3 is 2.68 bits per heavy atom. The van der Waals surface area contributed by atoms with Crippen LogP contribution in [-0.2, 0) is 20.8 Å². The largest absolute Gasteiger partial charge is 0.444 e. The zero-order chi connectivity index (χ0) is 18.3. The Hall–Kier alpha value is -1.63. The molecule has 0 saturated carbocycles. The van der Waals surface area contributed by atoms with Gasteiger partial charge in [0.1, 0.15) is 11.7 Å². The second-order valence-electron chi connectivity index (χ2n) is 7.32. The molecule has 1 aromatic rings. The molecule has 1 heterocycles. The van der Waals surface area contributed by atoms with Crippen molar-refractivity contribution in [2.45, 2.75) is 64.1 Å². The third-order valence-electron chi connectivity index (χ3n) is 3.85. The van der Waals surface area contributed by atoms with Crippen LogP contribution in [0.2, 0.25) is 0 Å². The van der Waals surface area contributed by atoms with E-state index >= 15 is 0 Å². The van der Waals surface area contributed by atoms with E-state index in [1.165, 1.54) is 0 Å². The fourth-order valence-corrected chi connectivity index (χ4v) is 2.63. The Kier molecular flexibility index (Phi) is 7.23. The van der Waals surface area contributed by atoms with E-state index in [4.69, 9.17) is 14.2 Å². The Labute approximate surface area is 149 Å². The normalized spacial score (nSPS) is 23.9. The number of carbonyl (C=O) groups is 1. The number of amides is 1. The highest BCUT2D eigenvalue weighted by Crippen LogP contribution is 2.20. The lowest BCUT2D eigenvalue weighted by Crippen LogP contribution is -2.46. The first-order chi connectivity index (χ1) is 11.8. The van der Waals surface area contributed by atoms with Gasteiger partial charge in [-0.1, -0.05) is 30.3 Å². The van der Waals surface area contributed by atoms with E-state index in [0.717, 1.165) is 5.56 Å². The molecule has 0 bridgehead atoms. The van der Waals surface area contributed by atoms with Crippen LogP contribution in [0.4, 0.5) is 4.79 Å². The van der Waals surface area contributed by atoms with E-state index in [1.54, 1.807) is 0 Å². The summed E-state index contributed by atoms with van der Waals surface area (Å²) in [4.78, 5) is 11.7. The first kappa shape index (κ1) is 19.7. The number of carbonyl (C=O) groups excluding carboxylic acids is 1. The highest BCUT2D eigenvalue weighted by Gasteiger charge is 2.30. The number of hydrogen-bond donors (Lipinski definition) is 2. The monoisotopic (exact) mass is 351 g/mol. The highest BCUT2D eigenvalue weighted by atomic mass is 16.6. The predicted molar refractivity (Wildman–Crippen MR) is 94.2 cm³/mol. The molecule has 1 amide bonds. The lowest BCUT2D eigenvalue weighted by atomic mass is 10.0. The SMILES string of the molecule is CC(C)(C)OC(=O)NC[C@H]1CC[C@H](O)[C@@H](COCc2ccccc2)O1. The first-order valence-corrected chi connectivity index (χ1v) is 8.75. The summed E-state index contributed by atoms with van der Waals surface area (Å²) in [6.07, 6.45) is -0.233. The number of benzene rings is 1. The van der Waals surface area contributed by atoms with Crippen LogP contribution in [0.1, 0.15) is 39.2 Å². The van der Waals surface area contributed by atoms with E-state index in [9.17, 15) is 9.90 Å². The summed E-state index contributed by atoms with van der Waals surface area (Å²) in [6.45, 7) is 6.62. The molecule has 2 rings (SSSR count). The molecule has 6 nitrogen and oxygen atoms in total. The van der Waals surface area contributed by atoms with Crippen LogP contribution in [0, 0.1) is 0 Å². The maximum atomic E-state index is 11.7. The number of rotatable bonds is 6. The van der Waals surface area contributed by atoms with Crippen molar-refractivity contribution in [3.05, 3.63) is 35.9 Å². The van der Waals surface area contributed by atoms with Gasteiger partial charge in [0.2, 0.25) is 0 Å². The molecule has 1 aliphatic rings. The van der Waals surface area contributed by atoms with E-state index in [0.29, 0.717) is 32.6 Å². The minimum atomic E-state index is -0.548. The fraction of sp³-hybridized carbons (Fsp3) is 0.632. The number of hydrogen-bond acceptors (Lipinski definition) is 5. The van der Waals surface area contributed by atoms with E-state index in [2.05, 4.69) is 5.32 Å². The molecule has 140 valence electrons. The zero-order valence-electron chi connectivity index (χ0n) is 15.2. The molecule has 1 aliphatic heterocycles. The van der Waals surface area contributed by atoms with Gasteiger partial charge in [-0.25, -0.2) is 4.79 Å². The van der Waals surface area contributed by atoms with Crippen molar-refractivity contribution in [3.63, 3.8) is 0 Å². The number of alkyl carbamates (subject to hydrolysis) is 1. The summed E-state index contributed by atoms with van der Waals surface area (Å²) >= 11 is 0. The van der Waals surface area contributed by atoms with E-state index in [1.807, 2.05) is 51.1 Å². The van der Waals surface area contributed by atoms with Crippen LogP contribution < -0.4 is 5.32 Å². The molecule has 0 radical (unpaired) electrons. The first-order valence-electron chi connectivity index (χ1n) is 8.75. The molecule has 1 saturated heterocycles. The van der Waals surface area contributed by atoms with Crippen LogP contribution in [0.15, 0.2) is 30.3 Å². The van der Waals surface area contributed by atoms with Crippen molar-refractivity contribution < 1.29 is 24.1 Å². The highest BCUT2D eigenvalue weighted by molar-refractivity contribution is 5.67. The quantitative estimate of drug-likeness (QED) is 0.824. The van der Waals surface area contributed by atoms with Gasteiger partial charge >= 0.3 is 6.09 Å². The Morgan fingerprint density at radius 1 is 1.28 bits per heavy atom. The Morgan fingerprint density at radius 2 is 2.00 bits per heavy atom. The summed E-state index contributed by atoms with van der Waals surface area (Å²) in [7, 11) is 0. The molecule has 1 aromatic carbocycles. The topological polar surface area (TPSA) is 77.0 Å². The van der Waals surface area contributed by atoms with E-state index in [-0.39, 0.29) is 12.2 Å². The summed E-state index contributed by atoms with van der Waals surface area (Å²) in [5.41, 5.74) is 0.553. The van der Waals surface area contributed by atoms with Crippen LogP contribution in [-0.4, -0.2) is 48.3 Å². The number of aliphatic hydroxyl groups excluding tert-OH is 1. The minimum absolute atomic E-state index is 0.152.